The fourth-order valence-electron chi connectivity index (χ4n) is 3.59. The van der Waals surface area contributed by atoms with Crippen molar-refractivity contribution in [1.82, 2.24) is 5.32 Å². The Kier molecular flexibility index (Phi) is 5.85. The molecule has 0 saturated carbocycles. The highest BCUT2D eigenvalue weighted by Gasteiger charge is 2.26. The van der Waals surface area contributed by atoms with E-state index in [1.165, 1.54) is 16.7 Å². The minimum atomic E-state index is 0.140. The van der Waals surface area contributed by atoms with Crippen LogP contribution in [0.5, 0.6) is 0 Å². The van der Waals surface area contributed by atoms with E-state index in [0.717, 1.165) is 30.4 Å². The van der Waals surface area contributed by atoms with Gasteiger partial charge in [-0.15, -0.1) is 0 Å². The van der Waals surface area contributed by atoms with Gasteiger partial charge in [0.25, 0.3) is 0 Å². The van der Waals surface area contributed by atoms with Crippen molar-refractivity contribution in [2.75, 3.05) is 13.1 Å². The summed E-state index contributed by atoms with van der Waals surface area (Å²) in [7, 11) is 0. The second-order valence-electron chi connectivity index (χ2n) is 6.66. The van der Waals surface area contributed by atoms with Crippen molar-refractivity contribution in [3.63, 3.8) is 0 Å². The molecule has 24 heavy (non-hydrogen) atoms. The molecule has 0 radical (unpaired) electrons. The Labute approximate surface area is 152 Å². The van der Waals surface area contributed by atoms with E-state index in [4.69, 9.17) is 0 Å². The quantitative estimate of drug-likeness (QED) is 0.796. The number of nitrogens with one attached hydrogen (secondary N) is 1. The van der Waals surface area contributed by atoms with Crippen molar-refractivity contribution in [3.8, 4) is 0 Å². The molecule has 2 aromatic rings. The van der Waals surface area contributed by atoms with Crippen LogP contribution in [-0.4, -0.2) is 18.9 Å². The molecule has 0 aromatic heterocycles. The van der Waals surface area contributed by atoms with E-state index in [-0.39, 0.29) is 11.8 Å². The van der Waals surface area contributed by atoms with E-state index in [1.807, 2.05) is 0 Å². The molecule has 0 spiro atoms. The molecule has 1 N–H and O–H groups in total. The third-order valence-electron chi connectivity index (χ3n) is 5.04. The summed E-state index contributed by atoms with van der Waals surface area (Å²) in [6.45, 7) is 4.06. The van der Waals surface area contributed by atoms with Gasteiger partial charge in [0.15, 0.2) is 0 Å². The van der Waals surface area contributed by atoms with Gasteiger partial charge in [0.05, 0.1) is 0 Å². The van der Waals surface area contributed by atoms with E-state index in [0.29, 0.717) is 12.2 Å². The second-order valence-corrected chi connectivity index (χ2v) is 7.57. The Morgan fingerprint density at radius 3 is 2.46 bits per heavy atom. The first kappa shape index (κ1) is 17.4. The summed E-state index contributed by atoms with van der Waals surface area (Å²) >= 11 is 3.50. The molecule has 0 bridgehead atoms. The highest BCUT2D eigenvalue weighted by atomic mass is 79.9. The zero-order chi connectivity index (χ0) is 16.9. The van der Waals surface area contributed by atoms with Gasteiger partial charge in [0, 0.05) is 22.7 Å². The van der Waals surface area contributed by atoms with Gasteiger partial charge in [-0.1, -0.05) is 52.3 Å². The van der Waals surface area contributed by atoms with Crippen molar-refractivity contribution in [1.29, 1.82) is 0 Å². The molecule has 0 aliphatic carbocycles. The Hall–Kier alpha value is -1.45. The maximum atomic E-state index is 12.9. The number of hydrogen-bond donors (Lipinski definition) is 1. The predicted molar refractivity (Wildman–Crippen MR) is 102 cm³/mol. The maximum absolute atomic E-state index is 12.9. The Bertz CT molecular complexity index is 689. The molecule has 3 rings (SSSR count). The standard InChI is InChI=1S/C21H24BrNO/c1-15-4-2-3-5-19(15)20(16-6-8-18(22)9-7-16)14-21(24)17-10-12-23-13-11-17/h2-9,17,20,23H,10-14H2,1H3. The lowest BCUT2D eigenvalue weighted by atomic mass is 9.81. The average Bonchev–Trinajstić information content (AvgIpc) is 2.62. The van der Waals surface area contributed by atoms with Gasteiger partial charge in [-0.3, -0.25) is 4.79 Å². The lowest BCUT2D eigenvalue weighted by Gasteiger charge is -2.25. The summed E-state index contributed by atoms with van der Waals surface area (Å²) in [6, 6.07) is 16.8. The molecular weight excluding hydrogens is 362 g/mol. The number of carbonyl (C=O) groups is 1. The topological polar surface area (TPSA) is 29.1 Å². The number of ketones is 1. The highest BCUT2D eigenvalue weighted by molar-refractivity contribution is 9.10. The van der Waals surface area contributed by atoms with E-state index < -0.39 is 0 Å². The molecule has 1 fully saturated rings. The first-order chi connectivity index (χ1) is 11.6. The van der Waals surface area contributed by atoms with Crippen LogP contribution < -0.4 is 5.32 Å². The van der Waals surface area contributed by atoms with Crippen molar-refractivity contribution in [2.24, 2.45) is 5.92 Å². The molecule has 1 aliphatic rings. The zero-order valence-corrected chi connectivity index (χ0v) is 15.7. The van der Waals surface area contributed by atoms with Crippen molar-refractivity contribution in [3.05, 3.63) is 69.7 Å². The molecule has 0 amide bonds. The van der Waals surface area contributed by atoms with E-state index in [1.54, 1.807) is 0 Å². The lowest BCUT2D eigenvalue weighted by Crippen LogP contribution is -2.32. The van der Waals surface area contributed by atoms with Crippen LogP contribution in [0.15, 0.2) is 53.0 Å². The summed E-state index contributed by atoms with van der Waals surface area (Å²) in [5.41, 5.74) is 3.74. The summed E-state index contributed by atoms with van der Waals surface area (Å²) in [5.74, 6) is 0.766. The first-order valence-electron chi connectivity index (χ1n) is 8.69. The van der Waals surface area contributed by atoms with Gasteiger partial charge in [0.1, 0.15) is 5.78 Å². The molecule has 126 valence electrons. The van der Waals surface area contributed by atoms with Crippen LogP contribution in [0.4, 0.5) is 0 Å². The first-order valence-corrected chi connectivity index (χ1v) is 9.49. The van der Waals surface area contributed by atoms with E-state index >= 15 is 0 Å². The van der Waals surface area contributed by atoms with E-state index in [9.17, 15) is 4.79 Å². The van der Waals surface area contributed by atoms with Crippen LogP contribution in [0.3, 0.4) is 0 Å². The third kappa shape index (κ3) is 4.14. The molecule has 3 heteroatoms. The largest absolute Gasteiger partial charge is 0.317 e. The zero-order valence-electron chi connectivity index (χ0n) is 14.1. The number of aryl methyl sites for hydroxylation is 1. The second kappa shape index (κ2) is 8.09. The number of benzene rings is 2. The van der Waals surface area contributed by atoms with Crippen LogP contribution in [0.25, 0.3) is 0 Å². The predicted octanol–water partition coefficient (Wildman–Crippen LogP) is 4.85. The maximum Gasteiger partial charge on any atom is 0.137 e. The molecule has 1 unspecified atom stereocenters. The minimum Gasteiger partial charge on any atom is -0.317 e. The van der Waals surface area contributed by atoms with Crippen molar-refractivity contribution >= 4 is 21.7 Å². The number of rotatable bonds is 5. The SMILES string of the molecule is Cc1ccccc1C(CC(=O)C1CCNCC1)c1ccc(Br)cc1. The molecule has 2 aromatic carbocycles. The van der Waals surface area contributed by atoms with Crippen LogP contribution >= 0.6 is 15.9 Å². The minimum absolute atomic E-state index is 0.140. The van der Waals surface area contributed by atoms with Gasteiger partial charge >= 0.3 is 0 Å². The Morgan fingerprint density at radius 1 is 1.12 bits per heavy atom. The lowest BCUT2D eigenvalue weighted by molar-refractivity contribution is -0.123. The summed E-state index contributed by atoms with van der Waals surface area (Å²) < 4.78 is 1.07. The molecule has 1 saturated heterocycles. The Morgan fingerprint density at radius 2 is 1.79 bits per heavy atom. The van der Waals surface area contributed by atoms with Crippen LogP contribution in [-0.2, 0) is 4.79 Å². The molecule has 1 atom stereocenters. The van der Waals surface area contributed by atoms with Gasteiger partial charge in [0.2, 0.25) is 0 Å². The van der Waals surface area contributed by atoms with E-state index in [2.05, 4.69) is 76.7 Å². The number of hydrogen-bond acceptors (Lipinski definition) is 2. The smallest absolute Gasteiger partial charge is 0.137 e. The monoisotopic (exact) mass is 385 g/mol. The van der Waals surface area contributed by atoms with Crippen LogP contribution in [0, 0.1) is 12.8 Å². The fourth-order valence-corrected chi connectivity index (χ4v) is 3.86. The average molecular weight is 386 g/mol. The molecule has 2 nitrogen and oxygen atoms in total. The summed E-state index contributed by atoms with van der Waals surface area (Å²) in [5, 5.41) is 3.34. The van der Waals surface area contributed by atoms with Crippen LogP contribution in [0.1, 0.15) is 41.9 Å². The van der Waals surface area contributed by atoms with Crippen LogP contribution in [0.2, 0.25) is 0 Å². The number of halogens is 1. The van der Waals surface area contributed by atoms with Crippen molar-refractivity contribution < 1.29 is 4.79 Å². The fraction of sp³-hybridized carbons (Fsp3) is 0.381. The van der Waals surface area contributed by atoms with Gasteiger partial charge in [-0.2, -0.15) is 0 Å². The molecule has 1 aliphatic heterocycles. The van der Waals surface area contributed by atoms with Crippen molar-refractivity contribution in [2.45, 2.75) is 32.1 Å². The van der Waals surface area contributed by atoms with Gasteiger partial charge < -0.3 is 5.32 Å². The Balaban J connectivity index is 1.88. The normalized spacial score (nSPS) is 16.8. The number of piperidine rings is 1. The summed E-state index contributed by atoms with van der Waals surface area (Å²) in [6.07, 6.45) is 2.54. The number of carbonyl (C=O) groups excluding carboxylic acids is 1. The van der Waals surface area contributed by atoms with Gasteiger partial charge in [-0.25, -0.2) is 0 Å². The number of Topliss-reactive ketones (excluding diaryl/α,β-unsaturated/α-hetero) is 1. The third-order valence-corrected chi connectivity index (χ3v) is 5.56. The molecular formula is C21H24BrNO. The molecule has 1 heterocycles. The van der Waals surface area contributed by atoms with Gasteiger partial charge in [-0.05, 0) is 61.7 Å². The highest BCUT2D eigenvalue weighted by Crippen LogP contribution is 2.33. The summed E-state index contributed by atoms with van der Waals surface area (Å²) in [4.78, 5) is 12.9.